The Hall–Kier alpha value is -1.80. The van der Waals surface area contributed by atoms with Crippen molar-refractivity contribution >= 4 is 15.9 Å². The van der Waals surface area contributed by atoms with Gasteiger partial charge in [-0.2, -0.15) is 4.31 Å². The molecule has 0 atom stereocenters. The molecule has 0 bridgehead atoms. The zero-order valence-corrected chi connectivity index (χ0v) is 16.4. The summed E-state index contributed by atoms with van der Waals surface area (Å²) in [6.45, 7) is 4.45. The average molecular weight is 372 g/mol. The fraction of sp³-hybridized carbons (Fsp3) is 0.588. The molecule has 1 rings (SSSR count). The molecule has 8 heteroatoms. The van der Waals surface area contributed by atoms with E-state index in [0.29, 0.717) is 30.4 Å². The lowest BCUT2D eigenvalue weighted by Crippen LogP contribution is -2.40. The summed E-state index contributed by atoms with van der Waals surface area (Å²) < 4.78 is 35.2. The maximum atomic E-state index is 12.1. The molecule has 0 unspecified atom stereocenters. The fourth-order valence-electron chi connectivity index (χ4n) is 2.17. The van der Waals surface area contributed by atoms with Gasteiger partial charge in [0, 0.05) is 13.1 Å². The van der Waals surface area contributed by atoms with Crippen molar-refractivity contribution in [3.63, 3.8) is 0 Å². The zero-order chi connectivity index (χ0) is 19.0. The molecule has 1 aromatic rings. The summed E-state index contributed by atoms with van der Waals surface area (Å²) in [7, 11) is -0.330. The molecule has 25 heavy (non-hydrogen) atoms. The van der Waals surface area contributed by atoms with Gasteiger partial charge in [-0.15, -0.1) is 0 Å². The molecule has 0 heterocycles. The van der Waals surface area contributed by atoms with E-state index < -0.39 is 10.0 Å². The molecular weight excluding hydrogens is 344 g/mol. The first-order valence-corrected chi connectivity index (χ1v) is 9.95. The number of ether oxygens (including phenoxy) is 2. The number of methoxy groups -OCH3 is 2. The van der Waals surface area contributed by atoms with Crippen molar-refractivity contribution in [2.45, 2.75) is 26.8 Å². The Balaban J connectivity index is 2.65. The van der Waals surface area contributed by atoms with Crippen LogP contribution in [0.5, 0.6) is 11.5 Å². The molecule has 0 radical (unpaired) electrons. The Morgan fingerprint density at radius 2 is 1.84 bits per heavy atom. The van der Waals surface area contributed by atoms with Crippen molar-refractivity contribution in [2.75, 3.05) is 33.6 Å². The van der Waals surface area contributed by atoms with E-state index in [9.17, 15) is 13.2 Å². The quantitative estimate of drug-likeness (QED) is 0.675. The third-order valence-corrected chi connectivity index (χ3v) is 4.93. The standard InChI is InChI=1S/C17H28N2O5S/c1-13(2)8-9-19(25(5,21)22)12-17(20)18-11-14-6-7-15(23-3)16(10-14)24-4/h6-7,10,13H,8-9,11-12H2,1-5H3,(H,18,20). The minimum Gasteiger partial charge on any atom is -0.493 e. The normalized spacial score (nSPS) is 11.6. The minimum atomic E-state index is -3.42. The number of nitrogens with zero attached hydrogens (tertiary/aromatic N) is 1. The van der Waals surface area contributed by atoms with Crippen LogP contribution in [0.2, 0.25) is 0 Å². The Morgan fingerprint density at radius 3 is 2.36 bits per heavy atom. The van der Waals surface area contributed by atoms with Gasteiger partial charge in [-0.25, -0.2) is 8.42 Å². The monoisotopic (exact) mass is 372 g/mol. The Morgan fingerprint density at radius 1 is 1.20 bits per heavy atom. The first kappa shape index (κ1) is 21.2. The molecule has 1 aromatic carbocycles. The molecule has 1 N–H and O–H groups in total. The summed E-state index contributed by atoms with van der Waals surface area (Å²) >= 11 is 0. The van der Waals surface area contributed by atoms with Gasteiger partial charge in [0.2, 0.25) is 15.9 Å². The Kier molecular flexibility index (Phi) is 8.18. The lowest BCUT2D eigenvalue weighted by molar-refractivity contribution is -0.121. The van der Waals surface area contributed by atoms with Gasteiger partial charge in [0.1, 0.15) is 0 Å². The van der Waals surface area contributed by atoms with Crippen LogP contribution in [0.25, 0.3) is 0 Å². The average Bonchev–Trinajstić information content (AvgIpc) is 2.55. The van der Waals surface area contributed by atoms with Gasteiger partial charge in [0.05, 0.1) is 27.0 Å². The maximum absolute atomic E-state index is 12.1. The van der Waals surface area contributed by atoms with Crippen LogP contribution in [0.1, 0.15) is 25.8 Å². The third-order valence-electron chi connectivity index (χ3n) is 3.68. The Labute approximate surface area is 150 Å². The first-order chi connectivity index (χ1) is 11.7. The highest BCUT2D eigenvalue weighted by atomic mass is 32.2. The van der Waals surface area contributed by atoms with E-state index in [0.717, 1.165) is 11.8 Å². The van der Waals surface area contributed by atoms with Crippen LogP contribution >= 0.6 is 0 Å². The lowest BCUT2D eigenvalue weighted by atomic mass is 10.1. The molecule has 0 aromatic heterocycles. The van der Waals surface area contributed by atoms with Crippen molar-refractivity contribution in [2.24, 2.45) is 5.92 Å². The number of carbonyl (C=O) groups excluding carboxylic acids is 1. The van der Waals surface area contributed by atoms with Crippen LogP contribution < -0.4 is 14.8 Å². The Bertz CT molecular complexity index is 674. The lowest BCUT2D eigenvalue weighted by Gasteiger charge is -2.20. The fourth-order valence-corrected chi connectivity index (χ4v) is 2.96. The van der Waals surface area contributed by atoms with Gasteiger partial charge >= 0.3 is 0 Å². The topological polar surface area (TPSA) is 84.9 Å². The van der Waals surface area contributed by atoms with Gasteiger partial charge in [-0.1, -0.05) is 19.9 Å². The van der Waals surface area contributed by atoms with Gasteiger partial charge in [0.15, 0.2) is 11.5 Å². The van der Waals surface area contributed by atoms with E-state index in [1.807, 2.05) is 19.9 Å². The van der Waals surface area contributed by atoms with Crippen molar-refractivity contribution in [3.05, 3.63) is 23.8 Å². The summed E-state index contributed by atoms with van der Waals surface area (Å²) in [5, 5.41) is 2.74. The van der Waals surface area contributed by atoms with E-state index >= 15 is 0 Å². The first-order valence-electron chi connectivity index (χ1n) is 8.10. The highest BCUT2D eigenvalue weighted by Gasteiger charge is 2.20. The molecule has 0 fully saturated rings. The molecule has 142 valence electrons. The number of hydrogen-bond donors (Lipinski definition) is 1. The van der Waals surface area contributed by atoms with E-state index in [1.54, 1.807) is 26.4 Å². The van der Waals surface area contributed by atoms with Crippen molar-refractivity contribution in [1.29, 1.82) is 0 Å². The minimum absolute atomic E-state index is 0.182. The number of hydrogen-bond acceptors (Lipinski definition) is 5. The van der Waals surface area contributed by atoms with Crippen molar-refractivity contribution in [3.8, 4) is 11.5 Å². The molecule has 0 spiro atoms. The second kappa shape index (κ2) is 9.62. The summed E-state index contributed by atoms with van der Waals surface area (Å²) in [6.07, 6.45) is 1.82. The maximum Gasteiger partial charge on any atom is 0.235 e. The van der Waals surface area contributed by atoms with E-state index in [2.05, 4.69) is 5.32 Å². The van der Waals surface area contributed by atoms with Crippen LogP contribution in [-0.2, 0) is 21.4 Å². The van der Waals surface area contributed by atoms with Crippen molar-refractivity contribution in [1.82, 2.24) is 9.62 Å². The summed E-state index contributed by atoms with van der Waals surface area (Å²) in [5.41, 5.74) is 0.832. The third kappa shape index (κ3) is 7.31. The highest BCUT2D eigenvalue weighted by molar-refractivity contribution is 7.88. The molecule has 0 aliphatic rings. The number of nitrogens with one attached hydrogen (secondary N) is 1. The molecule has 0 aliphatic heterocycles. The molecular formula is C17H28N2O5S. The molecule has 0 saturated carbocycles. The van der Waals surface area contributed by atoms with Crippen LogP contribution in [0.15, 0.2) is 18.2 Å². The number of carbonyl (C=O) groups is 1. The predicted octanol–water partition coefficient (Wildman–Crippen LogP) is 1.63. The van der Waals surface area contributed by atoms with Gasteiger partial charge in [0.25, 0.3) is 0 Å². The van der Waals surface area contributed by atoms with Gasteiger partial charge in [-0.05, 0) is 30.0 Å². The van der Waals surface area contributed by atoms with Crippen LogP contribution in [0, 0.1) is 5.92 Å². The van der Waals surface area contributed by atoms with Gasteiger partial charge in [-0.3, -0.25) is 4.79 Å². The largest absolute Gasteiger partial charge is 0.493 e. The molecule has 7 nitrogen and oxygen atoms in total. The van der Waals surface area contributed by atoms with Crippen molar-refractivity contribution < 1.29 is 22.7 Å². The number of benzene rings is 1. The smallest absolute Gasteiger partial charge is 0.235 e. The van der Waals surface area contributed by atoms with Gasteiger partial charge < -0.3 is 14.8 Å². The summed E-state index contributed by atoms with van der Waals surface area (Å²) in [6, 6.07) is 5.34. The second-order valence-corrected chi connectivity index (χ2v) is 8.23. The second-order valence-electron chi connectivity index (χ2n) is 6.25. The summed E-state index contributed by atoms with van der Waals surface area (Å²) in [4.78, 5) is 12.1. The number of amides is 1. The summed E-state index contributed by atoms with van der Waals surface area (Å²) in [5.74, 6) is 1.20. The van der Waals surface area contributed by atoms with E-state index in [4.69, 9.17) is 9.47 Å². The number of rotatable bonds is 10. The van der Waals surface area contributed by atoms with Crippen LogP contribution in [-0.4, -0.2) is 52.2 Å². The SMILES string of the molecule is COc1ccc(CNC(=O)CN(CCC(C)C)S(C)(=O)=O)cc1OC. The van der Waals surface area contributed by atoms with E-state index in [1.165, 1.54) is 4.31 Å². The zero-order valence-electron chi connectivity index (χ0n) is 15.5. The molecule has 0 aliphatic carbocycles. The molecule has 0 saturated heterocycles. The van der Waals surface area contributed by atoms with Crippen LogP contribution in [0.4, 0.5) is 0 Å². The highest BCUT2D eigenvalue weighted by Crippen LogP contribution is 2.27. The van der Waals surface area contributed by atoms with Crippen LogP contribution in [0.3, 0.4) is 0 Å². The van der Waals surface area contributed by atoms with E-state index in [-0.39, 0.29) is 19.0 Å². The number of sulfonamides is 1. The molecule has 1 amide bonds. The predicted molar refractivity (Wildman–Crippen MR) is 97.3 cm³/mol.